The van der Waals surface area contributed by atoms with Crippen LogP contribution in [0, 0.1) is 0 Å². The van der Waals surface area contributed by atoms with Gasteiger partial charge in [-0.2, -0.15) is 0 Å². The number of para-hydroxylation sites is 1. The number of carbonyl (C=O) groups is 2. The van der Waals surface area contributed by atoms with Crippen molar-refractivity contribution in [1.29, 1.82) is 0 Å². The summed E-state index contributed by atoms with van der Waals surface area (Å²) in [6, 6.07) is 14.7. The lowest BCUT2D eigenvalue weighted by atomic mass is 9.83. The molecule has 3 atom stereocenters. The second kappa shape index (κ2) is 10.6. The molecule has 2 aromatic carbocycles. The van der Waals surface area contributed by atoms with Gasteiger partial charge in [0.25, 0.3) is 0 Å². The average molecular weight is 484 g/mol. The fourth-order valence-corrected chi connectivity index (χ4v) is 4.89. The molecule has 0 saturated carbocycles. The van der Waals surface area contributed by atoms with E-state index in [2.05, 4.69) is 0 Å². The van der Waals surface area contributed by atoms with Gasteiger partial charge in [-0.05, 0) is 50.5 Å². The Balaban J connectivity index is 1.67. The third-order valence-electron chi connectivity index (χ3n) is 6.59. The first kappa shape index (κ1) is 24.3. The Hall–Kier alpha value is -2.83. The van der Waals surface area contributed by atoms with E-state index in [9.17, 15) is 9.59 Å². The molecule has 2 heterocycles. The van der Waals surface area contributed by atoms with Crippen molar-refractivity contribution in [2.45, 2.75) is 51.2 Å². The molecule has 0 aromatic heterocycles. The highest BCUT2D eigenvalue weighted by Crippen LogP contribution is 2.39. The van der Waals surface area contributed by atoms with Gasteiger partial charge < -0.3 is 19.1 Å². The molecule has 180 valence electrons. The van der Waals surface area contributed by atoms with Crippen LogP contribution >= 0.6 is 11.6 Å². The molecule has 0 bridgehead atoms. The minimum absolute atomic E-state index is 0.0178. The predicted octanol–water partition coefficient (Wildman–Crippen LogP) is 5.42. The van der Waals surface area contributed by atoms with Crippen LogP contribution in [-0.2, 0) is 19.1 Å². The van der Waals surface area contributed by atoms with E-state index < -0.39 is 18.0 Å². The number of methoxy groups -OCH3 is 1. The Morgan fingerprint density at radius 3 is 2.62 bits per heavy atom. The van der Waals surface area contributed by atoms with E-state index in [-0.39, 0.29) is 18.4 Å². The van der Waals surface area contributed by atoms with E-state index in [0.29, 0.717) is 35.2 Å². The molecule has 2 aliphatic rings. The van der Waals surface area contributed by atoms with Crippen molar-refractivity contribution in [3.63, 3.8) is 0 Å². The van der Waals surface area contributed by atoms with Crippen LogP contribution in [0.3, 0.4) is 0 Å². The van der Waals surface area contributed by atoms with Crippen LogP contribution in [0.1, 0.15) is 56.3 Å². The molecule has 34 heavy (non-hydrogen) atoms. The van der Waals surface area contributed by atoms with Crippen molar-refractivity contribution in [2.24, 2.45) is 0 Å². The summed E-state index contributed by atoms with van der Waals surface area (Å²) in [5, 5.41) is 0.598. The Bertz CT molecular complexity index is 1070. The van der Waals surface area contributed by atoms with Gasteiger partial charge in [0.1, 0.15) is 11.9 Å². The molecule has 0 aliphatic carbocycles. The van der Waals surface area contributed by atoms with Crippen LogP contribution < -0.4 is 4.74 Å². The van der Waals surface area contributed by atoms with E-state index in [1.807, 2.05) is 50.2 Å². The summed E-state index contributed by atoms with van der Waals surface area (Å²) in [6.45, 7) is 4.78. The minimum Gasteiger partial charge on any atom is -0.496 e. The quantitative estimate of drug-likeness (QED) is 0.492. The number of esters is 1. The third-order valence-corrected chi connectivity index (χ3v) is 6.84. The monoisotopic (exact) mass is 483 g/mol. The highest BCUT2D eigenvalue weighted by atomic mass is 35.5. The molecule has 2 aliphatic heterocycles. The lowest BCUT2D eigenvalue weighted by Crippen LogP contribution is -2.42. The van der Waals surface area contributed by atoms with Crippen molar-refractivity contribution in [3.05, 3.63) is 76.0 Å². The fraction of sp³-hybridized carbons (Fsp3) is 0.407. The number of hydrogen-bond acceptors (Lipinski definition) is 5. The van der Waals surface area contributed by atoms with Crippen LogP contribution in [0.5, 0.6) is 5.75 Å². The van der Waals surface area contributed by atoms with E-state index in [1.165, 1.54) is 0 Å². The molecule has 6 nitrogen and oxygen atoms in total. The summed E-state index contributed by atoms with van der Waals surface area (Å²) < 4.78 is 17.1. The maximum atomic E-state index is 13.6. The number of benzene rings is 2. The number of rotatable bonds is 7. The average Bonchev–Trinajstić information content (AvgIpc) is 3.35. The van der Waals surface area contributed by atoms with Crippen molar-refractivity contribution >= 4 is 23.5 Å². The first-order chi connectivity index (χ1) is 16.4. The number of allylic oxidation sites excluding steroid dienone is 1. The zero-order valence-electron chi connectivity index (χ0n) is 19.8. The number of hydrogen-bond donors (Lipinski definition) is 0. The van der Waals surface area contributed by atoms with Gasteiger partial charge in [-0.25, -0.2) is 4.79 Å². The summed E-state index contributed by atoms with van der Waals surface area (Å²) in [5.74, 6) is -0.229. The number of amides is 1. The standard InChI is InChI=1S/C27H30ClNO5/c1-17-26(27(31)34-18(2)22-8-4-5-9-24(22)32-3)23(19-10-12-20(28)13-11-19)15-25(30)29(17)16-21-7-6-14-33-21/h4-5,8-13,18,21,23H,6-7,14-16H2,1-3H3/t18-,21?,23?/m0/s1. The smallest absolute Gasteiger partial charge is 0.337 e. The molecule has 1 saturated heterocycles. The maximum absolute atomic E-state index is 13.6. The van der Waals surface area contributed by atoms with E-state index in [0.717, 1.165) is 24.0 Å². The molecule has 4 rings (SSSR count). The van der Waals surface area contributed by atoms with Gasteiger partial charge >= 0.3 is 5.97 Å². The predicted molar refractivity (Wildman–Crippen MR) is 130 cm³/mol. The number of nitrogens with zero attached hydrogens (tertiary/aromatic N) is 1. The second-order valence-corrected chi connectivity index (χ2v) is 9.17. The van der Waals surface area contributed by atoms with Crippen LogP contribution in [0.25, 0.3) is 0 Å². The van der Waals surface area contributed by atoms with E-state index in [4.69, 9.17) is 25.8 Å². The molecular weight excluding hydrogens is 454 g/mol. The zero-order chi connectivity index (χ0) is 24.2. The molecule has 0 N–H and O–H groups in total. The molecule has 0 spiro atoms. The summed E-state index contributed by atoms with van der Waals surface area (Å²) in [7, 11) is 1.59. The first-order valence-electron chi connectivity index (χ1n) is 11.6. The molecule has 1 amide bonds. The third kappa shape index (κ3) is 5.13. The number of carbonyl (C=O) groups excluding carboxylic acids is 2. The van der Waals surface area contributed by atoms with Crippen LogP contribution in [0.15, 0.2) is 59.8 Å². The molecule has 0 radical (unpaired) electrons. The molecule has 2 unspecified atom stereocenters. The minimum atomic E-state index is -0.529. The Morgan fingerprint density at radius 2 is 1.94 bits per heavy atom. The number of halogens is 1. The Morgan fingerprint density at radius 1 is 1.21 bits per heavy atom. The van der Waals surface area contributed by atoms with Gasteiger partial charge in [0, 0.05) is 35.2 Å². The van der Waals surface area contributed by atoms with Gasteiger partial charge in [-0.3, -0.25) is 4.79 Å². The first-order valence-corrected chi connectivity index (χ1v) is 12.0. The zero-order valence-corrected chi connectivity index (χ0v) is 20.5. The topological polar surface area (TPSA) is 65.1 Å². The molecule has 7 heteroatoms. The summed E-state index contributed by atoms with van der Waals surface area (Å²) in [6.07, 6.45) is 1.52. The Kier molecular flexibility index (Phi) is 7.59. The van der Waals surface area contributed by atoms with Crippen molar-refractivity contribution in [3.8, 4) is 5.75 Å². The number of ether oxygens (including phenoxy) is 3. The van der Waals surface area contributed by atoms with E-state index in [1.54, 1.807) is 24.1 Å². The highest BCUT2D eigenvalue weighted by molar-refractivity contribution is 6.30. The Labute approximate surface area is 205 Å². The van der Waals surface area contributed by atoms with E-state index >= 15 is 0 Å². The summed E-state index contributed by atoms with van der Waals surface area (Å²) in [4.78, 5) is 28.5. The lowest BCUT2D eigenvalue weighted by molar-refractivity contribution is -0.145. The van der Waals surface area contributed by atoms with Crippen molar-refractivity contribution < 1.29 is 23.8 Å². The van der Waals surface area contributed by atoms with Crippen molar-refractivity contribution in [2.75, 3.05) is 20.3 Å². The van der Waals surface area contributed by atoms with Crippen LogP contribution in [0.2, 0.25) is 5.02 Å². The fourth-order valence-electron chi connectivity index (χ4n) is 4.76. The largest absolute Gasteiger partial charge is 0.496 e. The molecular formula is C27H30ClNO5. The molecule has 1 fully saturated rings. The second-order valence-electron chi connectivity index (χ2n) is 8.74. The molecule has 2 aromatic rings. The maximum Gasteiger partial charge on any atom is 0.337 e. The van der Waals surface area contributed by atoms with Crippen molar-refractivity contribution in [1.82, 2.24) is 4.90 Å². The SMILES string of the molecule is COc1ccccc1[C@H](C)OC(=O)C1=C(C)N(CC2CCCO2)C(=O)CC1c1ccc(Cl)cc1. The van der Waals surface area contributed by atoms with Gasteiger partial charge in [0.2, 0.25) is 5.91 Å². The summed E-state index contributed by atoms with van der Waals surface area (Å²) in [5.41, 5.74) is 2.74. The summed E-state index contributed by atoms with van der Waals surface area (Å²) >= 11 is 6.09. The van der Waals surface area contributed by atoms with Gasteiger partial charge in [-0.15, -0.1) is 0 Å². The van der Waals surface area contributed by atoms with Gasteiger partial charge in [-0.1, -0.05) is 41.9 Å². The van der Waals surface area contributed by atoms with Crippen LogP contribution in [-0.4, -0.2) is 43.1 Å². The normalized spacial score (nSPS) is 21.5. The van der Waals surface area contributed by atoms with Crippen LogP contribution in [0.4, 0.5) is 0 Å². The lowest BCUT2D eigenvalue weighted by Gasteiger charge is -2.36. The van der Waals surface area contributed by atoms with Gasteiger partial charge in [0.05, 0.1) is 25.3 Å². The van der Waals surface area contributed by atoms with Gasteiger partial charge in [0.15, 0.2) is 0 Å². The highest BCUT2D eigenvalue weighted by Gasteiger charge is 2.38.